The summed E-state index contributed by atoms with van der Waals surface area (Å²) in [6.45, 7) is 6.06. The van der Waals surface area contributed by atoms with Gasteiger partial charge < -0.3 is 0 Å². The number of para-hydroxylation sites is 1. The molecule has 3 nitrogen and oxygen atoms in total. The molecule has 0 heterocycles. The number of aryl methyl sites for hydroxylation is 1. The second-order valence-corrected chi connectivity index (χ2v) is 7.45. The summed E-state index contributed by atoms with van der Waals surface area (Å²) in [5, 5.41) is 0. The highest BCUT2D eigenvalue weighted by molar-refractivity contribution is 7.92. The first kappa shape index (κ1) is 14.9. The maximum atomic E-state index is 12.5. The second kappa shape index (κ2) is 5.61. The summed E-state index contributed by atoms with van der Waals surface area (Å²) in [4.78, 5) is 0.268. The van der Waals surface area contributed by atoms with Crippen molar-refractivity contribution in [2.24, 2.45) is 5.92 Å². The number of nitrogens with one attached hydrogen (secondary N) is 1. The second-order valence-electron chi connectivity index (χ2n) is 5.76. The van der Waals surface area contributed by atoms with Crippen LogP contribution in [0.1, 0.15) is 24.0 Å². The van der Waals surface area contributed by atoms with E-state index >= 15 is 0 Å². The molecule has 0 atom stereocenters. The maximum absolute atomic E-state index is 12.5. The molecule has 3 rings (SSSR count). The molecule has 0 spiro atoms. The predicted octanol–water partition coefficient (Wildman–Crippen LogP) is 4.22. The summed E-state index contributed by atoms with van der Waals surface area (Å²) >= 11 is 0. The van der Waals surface area contributed by atoms with Gasteiger partial charge in [0.15, 0.2) is 0 Å². The Morgan fingerprint density at radius 1 is 1.09 bits per heavy atom. The standard InChI is InChI=1S/C18H19NO2S/c1-13-7-11-16(12-8-13)22(20,21)19-18-6-4-3-5-17(18)14(2)15-9-10-15/h3-8,11-12,15,19H,2,9-10H2,1H3. The number of sulfonamides is 1. The topological polar surface area (TPSA) is 46.2 Å². The fourth-order valence-electron chi connectivity index (χ4n) is 2.42. The number of rotatable bonds is 5. The summed E-state index contributed by atoms with van der Waals surface area (Å²) < 4.78 is 27.8. The average Bonchev–Trinajstić information content (AvgIpc) is 3.32. The van der Waals surface area contributed by atoms with E-state index in [0.717, 1.165) is 29.5 Å². The molecular formula is C18H19NO2S. The molecule has 0 amide bonds. The van der Waals surface area contributed by atoms with E-state index in [4.69, 9.17) is 0 Å². The van der Waals surface area contributed by atoms with Gasteiger partial charge in [-0.2, -0.15) is 0 Å². The van der Waals surface area contributed by atoms with Crippen LogP contribution >= 0.6 is 0 Å². The van der Waals surface area contributed by atoms with Crippen LogP contribution in [-0.2, 0) is 10.0 Å². The number of allylic oxidation sites excluding steroid dienone is 1. The molecular weight excluding hydrogens is 294 g/mol. The zero-order valence-electron chi connectivity index (χ0n) is 12.5. The Bertz CT molecular complexity index is 803. The number of benzene rings is 2. The molecule has 2 aromatic rings. The Kier molecular flexibility index (Phi) is 3.79. The monoisotopic (exact) mass is 313 g/mol. The van der Waals surface area contributed by atoms with Gasteiger partial charge in [-0.05, 0) is 49.5 Å². The third-order valence-corrected chi connectivity index (χ3v) is 5.30. The van der Waals surface area contributed by atoms with Crippen LogP contribution in [0.2, 0.25) is 0 Å². The van der Waals surface area contributed by atoms with Gasteiger partial charge in [-0.3, -0.25) is 4.72 Å². The highest BCUT2D eigenvalue weighted by atomic mass is 32.2. The molecule has 22 heavy (non-hydrogen) atoms. The first-order chi connectivity index (χ1) is 10.5. The van der Waals surface area contributed by atoms with Gasteiger partial charge in [-0.25, -0.2) is 8.42 Å². The van der Waals surface area contributed by atoms with Crippen molar-refractivity contribution in [1.82, 2.24) is 0 Å². The van der Waals surface area contributed by atoms with Crippen molar-refractivity contribution in [1.29, 1.82) is 0 Å². The minimum absolute atomic E-state index is 0.268. The lowest BCUT2D eigenvalue weighted by Crippen LogP contribution is -2.14. The van der Waals surface area contributed by atoms with Crippen molar-refractivity contribution in [2.75, 3.05) is 4.72 Å². The molecule has 0 aliphatic heterocycles. The Morgan fingerprint density at radius 2 is 1.73 bits per heavy atom. The summed E-state index contributed by atoms with van der Waals surface area (Å²) in [6, 6.07) is 14.3. The van der Waals surface area contributed by atoms with Gasteiger partial charge >= 0.3 is 0 Å². The SMILES string of the molecule is C=C(c1ccccc1NS(=O)(=O)c1ccc(C)cc1)C1CC1. The molecule has 0 bridgehead atoms. The average molecular weight is 313 g/mol. The van der Waals surface area contributed by atoms with Crippen molar-refractivity contribution in [3.63, 3.8) is 0 Å². The van der Waals surface area contributed by atoms with Crippen LogP contribution < -0.4 is 4.72 Å². The van der Waals surface area contributed by atoms with E-state index in [-0.39, 0.29) is 4.90 Å². The third-order valence-electron chi connectivity index (χ3n) is 3.92. The minimum atomic E-state index is -3.58. The van der Waals surface area contributed by atoms with Gasteiger partial charge in [0.2, 0.25) is 0 Å². The molecule has 0 aromatic heterocycles. The number of anilines is 1. The fraction of sp³-hybridized carbons (Fsp3) is 0.222. The van der Waals surface area contributed by atoms with Crippen molar-refractivity contribution in [3.05, 3.63) is 66.2 Å². The van der Waals surface area contributed by atoms with E-state index < -0.39 is 10.0 Å². The smallest absolute Gasteiger partial charge is 0.261 e. The van der Waals surface area contributed by atoms with Crippen LogP contribution in [0, 0.1) is 12.8 Å². The quantitative estimate of drug-likeness (QED) is 0.898. The first-order valence-corrected chi connectivity index (χ1v) is 8.83. The summed E-state index contributed by atoms with van der Waals surface area (Å²) in [5.41, 5.74) is 3.53. The molecule has 1 aliphatic carbocycles. The molecule has 1 saturated carbocycles. The molecule has 114 valence electrons. The highest BCUT2D eigenvalue weighted by Gasteiger charge is 2.27. The van der Waals surface area contributed by atoms with Crippen molar-refractivity contribution in [3.8, 4) is 0 Å². The third kappa shape index (κ3) is 3.07. The molecule has 2 aromatic carbocycles. The molecule has 4 heteroatoms. The Hall–Kier alpha value is -2.07. The molecule has 1 N–H and O–H groups in total. The summed E-state index contributed by atoms with van der Waals surface area (Å²) in [7, 11) is -3.58. The van der Waals surface area contributed by atoms with Gasteiger partial charge in [-0.15, -0.1) is 0 Å². The van der Waals surface area contributed by atoms with E-state index in [1.165, 1.54) is 0 Å². The summed E-state index contributed by atoms with van der Waals surface area (Å²) in [6.07, 6.45) is 2.27. The zero-order chi connectivity index (χ0) is 15.7. The highest BCUT2D eigenvalue weighted by Crippen LogP contribution is 2.43. The van der Waals surface area contributed by atoms with Crippen molar-refractivity contribution in [2.45, 2.75) is 24.7 Å². The lowest BCUT2D eigenvalue weighted by molar-refractivity contribution is 0.601. The van der Waals surface area contributed by atoms with E-state index in [0.29, 0.717) is 11.6 Å². The first-order valence-electron chi connectivity index (χ1n) is 7.35. The lowest BCUT2D eigenvalue weighted by atomic mass is 10.0. The lowest BCUT2D eigenvalue weighted by Gasteiger charge is -2.14. The van der Waals surface area contributed by atoms with Gasteiger partial charge in [0, 0.05) is 5.56 Å². The largest absolute Gasteiger partial charge is 0.279 e. The molecule has 1 fully saturated rings. The van der Waals surface area contributed by atoms with Crippen molar-refractivity contribution >= 4 is 21.3 Å². The number of hydrogen-bond acceptors (Lipinski definition) is 2. The van der Waals surface area contributed by atoms with E-state index in [1.807, 2.05) is 25.1 Å². The maximum Gasteiger partial charge on any atom is 0.261 e. The van der Waals surface area contributed by atoms with Crippen LogP contribution in [0.4, 0.5) is 5.69 Å². The van der Waals surface area contributed by atoms with Crippen LogP contribution in [0.3, 0.4) is 0 Å². The Morgan fingerprint density at radius 3 is 2.36 bits per heavy atom. The van der Waals surface area contributed by atoms with Gasteiger partial charge in [-0.1, -0.05) is 42.5 Å². The van der Waals surface area contributed by atoms with Crippen LogP contribution in [0.5, 0.6) is 0 Å². The Labute approximate surface area is 131 Å². The number of hydrogen-bond donors (Lipinski definition) is 1. The van der Waals surface area contributed by atoms with E-state index in [9.17, 15) is 8.42 Å². The van der Waals surface area contributed by atoms with Crippen LogP contribution in [-0.4, -0.2) is 8.42 Å². The fourth-order valence-corrected chi connectivity index (χ4v) is 3.50. The molecule has 0 radical (unpaired) electrons. The zero-order valence-corrected chi connectivity index (χ0v) is 13.4. The molecule has 0 unspecified atom stereocenters. The predicted molar refractivity (Wildman–Crippen MR) is 90.2 cm³/mol. The van der Waals surface area contributed by atoms with E-state index in [2.05, 4.69) is 11.3 Å². The molecule has 1 aliphatic rings. The summed E-state index contributed by atoms with van der Waals surface area (Å²) in [5.74, 6) is 0.491. The van der Waals surface area contributed by atoms with Gasteiger partial charge in [0.25, 0.3) is 10.0 Å². The van der Waals surface area contributed by atoms with Crippen LogP contribution in [0.25, 0.3) is 5.57 Å². The minimum Gasteiger partial charge on any atom is -0.279 e. The van der Waals surface area contributed by atoms with Gasteiger partial charge in [0.1, 0.15) is 0 Å². The van der Waals surface area contributed by atoms with Crippen molar-refractivity contribution < 1.29 is 8.42 Å². The van der Waals surface area contributed by atoms with Crippen LogP contribution in [0.15, 0.2) is 60.0 Å². The normalized spacial score (nSPS) is 14.6. The Balaban J connectivity index is 1.92. The van der Waals surface area contributed by atoms with Gasteiger partial charge in [0.05, 0.1) is 10.6 Å². The van der Waals surface area contributed by atoms with E-state index in [1.54, 1.807) is 30.3 Å². The molecule has 0 saturated heterocycles.